The number of amides is 1. The van der Waals surface area contributed by atoms with Crippen LogP contribution in [0.4, 0.5) is 23.4 Å². The number of carbonyl (C=O) groups is 1. The van der Waals surface area contributed by atoms with Gasteiger partial charge in [0.1, 0.15) is 29.3 Å². The summed E-state index contributed by atoms with van der Waals surface area (Å²) in [5, 5.41) is 20.1. The van der Waals surface area contributed by atoms with Gasteiger partial charge in [-0.25, -0.2) is 14.4 Å². The lowest BCUT2D eigenvalue weighted by Crippen LogP contribution is -2.44. The summed E-state index contributed by atoms with van der Waals surface area (Å²) in [7, 11) is 0. The van der Waals surface area contributed by atoms with Crippen molar-refractivity contribution in [2.24, 2.45) is 0 Å². The van der Waals surface area contributed by atoms with E-state index in [1.807, 2.05) is 0 Å². The Hall–Kier alpha value is -4.13. The Kier molecular flexibility index (Phi) is 6.35. The number of rotatable bonds is 7. The molecule has 1 amide bonds. The first-order valence-electron chi connectivity index (χ1n) is 10.2. The minimum atomic E-state index is -4.98. The molecule has 182 valence electrons. The Labute approximate surface area is 195 Å². The molecule has 0 fully saturated rings. The van der Waals surface area contributed by atoms with Crippen molar-refractivity contribution in [2.45, 2.75) is 31.7 Å². The van der Waals surface area contributed by atoms with Gasteiger partial charge in [-0.3, -0.25) is 9.48 Å². The molecule has 0 saturated heterocycles. The van der Waals surface area contributed by atoms with Crippen LogP contribution in [-0.2, 0) is 11.3 Å². The first-order chi connectivity index (χ1) is 16.5. The van der Waals surface area contributed by atoms with E-state index in [-0.39, 0.29) is 23.9 Å². The highest BCUT2D eigenvalue weighted by Crippen LogP contribution is 2.33. The fourth-order valence-electron chi connectivity index (χ4n) is 3.14. The molecule has 1 atom stereocenters. The van der Waals surface area contributed by atoms with Crippen LogP contribution in [0.3, 0.4) is 0 Å². The SMILES string of the molecule is CC(O)(CC(=O)Nc1ccnc(-c2cc(-c3ccon3)n(Cc3ccccc3F)n2)n1)C(F)(F)F. The molecule has 0 saturated carbocycles. The molecule has 4 rings (SSSR count). The van der Waals surface area contributed by atoms with E-state index in [0.717, 1.165) is 0 Å². The molecule has 1 unspecified atom stereocenters. The molecule has 4 aromatic rings. The minimum absolute atomic E-state index is 0.0439. The Balaban J connectivity index is 1.61. The topological polar surface area (TPSA) is 119 Å². The van der Waals surface area contributed by atoms with Crippen LogP contribution < -0.4 is 5.32 Å². The van der Waals surface area contributed by atoms with Gasteiger partial charge >= 0.3 is 6.18 Å². The predicted octanol–water partition coefficient (Wildman–Crippen LogP) is 3.82. The van der Waals surface area contributed by atoms with E-state index in [1.165, 1.54) is 29.3 Å². The second-order valence-electron chi connectivity index (χ2n) is 7.81. The number of nitrogens with zero attached hydrogens (tertiary/aromatic N) is 5. The summed E-state index contributed by atoms with van der Waals surface area (Å²) < 4.78 is 59.1. The maximum Gasteiger partial charge on any atom is 0.417 e. The minimum Gasteiger partial charge on any atom is -0.380 e. The first kappa shape index (κ1) is 24.0. The van der Waals surface area contributed by atoms with Gasteiger partial charge in [0.25, 0.3) is 0 Å². The lowest BCUT2D eigenvalue weighted by molar-refractivity contribution is -0.252. The summed E-state index contributed by atoms with van der Waals surface area (Å²) in [6, 6.07) is 10.6. The van der Waals surface area contributed by atoms with Gasteiger partial charge in [-0.2, -0.15) is 18.3 Å². The molecule has 0 aliphatic carbocycles. The van der Waals surface area contributed by atoms with Crippen LogP contribution in [0.2, 0.25) is 0 Å². The Bertz CT molecular complexity index is 1340. The molecule has 35 heavy (non-hydrogen) atoms. The number of hydrogen-bond acceptors (Lipinski definition) is 7. The number of alkyl halides is 3. The zero-order valence-corrected chi connectivity index (χ0v) is 18.1. The van der Waals surface area contributed by atoms with Crippen molar-refractivity contribution in [3.05, 3.63) is 66.3 Å². The summed E-state index contributed by atoms with van der Waals surface area (Å²) >= 11 is 0. The van der Waals surface area contributed by atoms with Gasteiger partial charge in [0.2, 0.25) is 5.91 Å². The van der Waals surface area contributed by atoms with Crippen molar-refractivity contribution in [3.63, 3.8) is 0 Å². The molecule has 0 bridgehead atoms. The van der Waals surface area contributed by atoms with Crippen LogP contribution in [0.15, 0.2) is 59.4 Å². The molecule has 3 heterocycles. The zero-order chi connectivity index (χ0) is 25.2. The number of aromatic nitrogens is 5. The Morgan fingerprint density at radius 2 is 1.94 bits per heavy atom. The number of carbonyl (C=O) groups excluding carboxylic acids is 1. The molecular formula is C22H18F4N6O3. The van der Waals surface area contributed by atoms with Crippen molar-refractivity contribution < 1.29 is 32.0 Å². The van der Waals surface area contributed by atoms with Crippen LogP contribution in [0.5, 0.6) is 0 Å². The molecule has 3 aromatic heterocycles. The third kappa shape index (κ3) is 5.35. The van der Waals surface area contributed by atoms with Crippen LogP contribution in [0.25, 0.3) is 22.9 Å². The Morgan fingerprint density at radius 3 is 2.63 bits per heavy atom. The normalized spacial score (nSPS) is 13.4. The van der Waals surface area contributed by atoms with Gasteiger partial charge in [0.05, 0.1) is 18.7 Å². The summed E-state index contributed by atoms with van der Waals surface area (Å²) in [5.41, 5.74) is -1.72. The van der Waals surface area contributed by atoms with Crippen molar-refractivity contribution >= 4 is 11.7 Å². The maximum atomic E-state index is 14.2. The molecule has 0 aliphatic heterocycles. The molecule has 2 N–H and O–H groups in total. The summed E-state index contributed by atoms with van der Waals surface area (Å²) in [5.74, 6) is -1.57. The zero-order valence-electron chi connectivity index (χ0n) is 18.1. The second-order valence-corrected chi connectivity index (χ2v) is 7.81. The van der Waals surface area contributed by atoms with Crippen LogP contribution in [-0.4, -0.2) is 47.7 Å². The van der Waals surface area contributed by atoms with Crippen molar-refractivity contribution in [3.8, 4) is 22.9 Å². The van der Waals surface area contributed by atoms with Crippen molar-refractivity contribution in [2.75, 3.05) is 5.32 Å². The van der Waals surface area contributed by atoms with E-state index in [2.05, 4.69) is 25.5 Å². The van der Waals surface area contributed by atoms with Crippen molar-refractivity contribution in [1.82, 2.24) is 24.9 Å². The average Bonchev–Trinajstić information content (AvgIpc) is 3.44. The molecule has 0 aliphatic rings. The molecular weight excluding hydrogens is 472 g/mol. The largest absolute Gasteiger partial charge is 0.417 e. The number of hydrogen-bond donors (Lipinski definition) is 2. The van der Waals surface area contributed by atoms with Crippen LogP contribution in [0.1, 0.15) is 18.9 Å². The Morgan fingerprint density at radius 1 is 1.17 bits per heavy atom. The number of aliphatic hydroxyl groups is 1. The number of nitrogens with one attached hydrogen (secondary N) is 1. The lowest BCUT2D eigenvalue weighted by Gasteiger charge is -2.25. The van der Waals surface area contributed by atoms with Gasteiger partial charge in [0.15, 0.2) is 11.4 Å². The summed E-state index contributed by atoms with van der Waals surface area (Å²) in [6.07, 6.45) is -3.56. The third-order valence-corrected chi connectivity index (χ3v) is 5.03. The van der Waals surface area contributed by atoms with Gasteiger partial charge < -0.3 is 14.9 Å². The smallest absolute Gasteiger partial charge is 0.380 e. The highest BCUT2D eigenvalue weighted by atomic mass is 19.4. The fourth-order valence-corrected chi connectivity index (χ4v) is 3.14. The van der Waals surface area contributed by atoms with E-state index in [4.69, 9.17) is 4.52 Å². The lowest BCUT2D eigenvalue weighted by atomic mass is 10.0. The standard InChI is InChI=1S/C22H18F4N6O3/c1-21(34,22(24,25)26)11-19(33)28-18-6-8-27-20(29-18)16-10-17(15-7-9-35-31-15)32(30-16)12-13-4-2-3-5-14(13)23/h2-10,34H,11-12H2,1H3,(H,27,28,29,33). The molecule has 0 spiro atoms. The predicted molar refractivity (Wildman–Crippen MR) is 114 cm³/mol. The first-order valence-corrected chi connectivity index (χ1v) is 10.2. The second kappa shape index (κ2) is 9.25. The fraction of sp³-hybridized carbons (Fsp3) is 0.227. The van der Waals surface area contributed by atoms with Crippen LogP contribution in [0, 0.1) is 5.82 Å². The van der Waals surface area contributed by atoms with E-state index in [9.17, 15) is 27.5 Å². The monoisotopic (exact) mass is 490 g/mol. The highest BCUT2D eigenvalue weighted by molar-refractivity contribution is 5.90. The van der Waals surface area contributed by atoms with E-state index < -0.39 is 29.9 Å². The maximum absolute atomic E-state index is 14.2. The van der Waals surface area contributed by atoms with Gasteiger partial charge in [0, 0.05) is 17.8 Å². The van der Waals surface area contributed by atoms with Gasteiger partial charge in [-0.05, 0) is 25.1 Å². The number of halogens is 4. The molecule has 9 nitrogen and oxygen atoms in total. The van der Waals surface area contributed by atoms with Crippen LogP contribution >= 0.6 is 0 Å². The van der Waals surface area contributed by atoms with Crippen molar-refractivity contribution in [1.29, 1.82) is 0 Å². The highest BCUT2D eigenvalue weighted by Gasteiger charge is 2.51. The summed E-state index contributed by atoms with van der Waals surface area (Å²) in [4.78, 5) is 20.3. The van der Waals surface area contributed by atoms with E-state index in [1.54, 1.807) is 30.3 Å². The average molecular weight is 490 g/mol. The molecule has 13 heteroatoms. The van der Waals surface area contributed by atoms with E-state index in [0.29, 0.717) is 23.9 Å². The molecule has 0 radical (unpaired) electrons. The quantitative estimate of drug-likeness (QED) is 0.378. The number of benzene rings is 1. The number of anilines is 1. The summed E-state index contributed by atoms with van der Waals surface area (Å²) in [6.45, 7) is 0.559. The van der Waals surface area contributed by atoms with Gasteiger partial charge in [-0.1, -0.05) is 23.4 Å². The third-order valence-electron chi connectivity index (χ3n) is 5.03. The van der Waals surface area contributed by atoms with Gasteiger partial charge in [-0.15, -0.1) is 0 Å². The van der Waals surface area contributed by atoms with E-state index >= 15 is 0 Å². The molecule has 1 aromatic carbocycles.